The third-order valence-corrected chi connectivity index (χ3v) is 1.75. The van der Waals surface area contributed by atoms with Crippen molar-refractivity contribution in [2.75, 3.05) is 0 Å². The number of aromatic hydroxyl groups is 1. The number of benzene rings is 1. The molecular weight excluding hydrogens is 202 g/mol. The number of nitrogens with two attached hydrogens (primary N) is 1. The molecule has 0 aromatic heterocycles. The van der Waals surface area contributed by atoms with Gasteiger partial charge in [0.15, 0.2) is 0 Å². The summed E-state index contributed by atoms with van der Waals surface area (Å²) in [5.41, 5.74) is 5.47. The summed E-state index contributed by atoms with van der Waals surface area (Å²) >= 11 is 5.77. The molecule has 72 valence electrons. The van der Waals surface area contributed by atoms with Gasteiger partial charge in [-0.2, -0.15) is 0 Å². The van der Waals surface area contributed by atoms with Crippen LogP contribution in [0.5, 0.6) is 5.75 Å². The van der Waals surface area contributed by atoms with E-state index in [1.807, 2.05) is 0 Å². The van der Waals surface area contributed by atoms with E-state index in [0.717, 1.165) is 0 Å². The van der Waals surface area contributed by atoms with Crippen molar-refractivity contribution in [3.05, 3.63) is 28.8 Å². The first-order valence-corrected chi connectivity index (χ1v) is 4.23. The lowest BCUT2D eigenvalue weighted by Gasteiger charge is -1.95. The Kier molecular flexibility index (Phi) is 3.38. The van der Waals surface area contributed by atoms with E-state index < -0.39 is 5.91 Å². The van der Waals surface area contributed by atoms with Gasteiger partial charge in [-0.15, -0.1) is 0 Å². The van der Waals surface area contributed by atoms with Crippen LogP contribution >= 0.6 is 11.6 Å². The van der Waals surface area contributed by atoms with Gasteiger partial charge in [0.2, 0.25) is 5.91 Å². The Balaban J connectivity index is 2.85. The Morgan fingerprint density at radius 3 is 2.86 bits per heavy atom. The molecule has 3 N–H and O–H groups in total. The van der Waals surface area contributed by atoms with E-state index >= 15 is 0 Å². The zero-order valence-electron chi connectivity index (χ0n) is 7.25. The normalized spacial score (nSPS) is 8.93. The molecule has 0 heterocycles. The number of rotatable bonds is 1. The number of hydrogen-bond donors (Lipinski definition) is 2. The predicted molar refractivity (Wildman–Crippen MR) is 53.8 cm³/mol. The molecule has 4 heteroatoms. The largest absolute Gasteiger partial charge is 0.508 e. The molecule has 1 aromatic carbocycles. The number of hydrogen-bond acceptors (Lipinski definition) is 2. The maximum Gasteiger partial charge on any atom is 0.229 e. The highest BCUT2D eigenvalue weighted by Gasteiger charge is 1.97. The Labute approximate surface area is 86.5 Å². The predicted octanol–water partition coefficient (Wildman–Crippen LogP) is 1.27. The van der Waals surface area contributed by atoms with E-state index in [2.05, 4.69) is 11.8 Å². The van der Waals surface area contributed by atoms with Crippen LogP contribution in [-0.4, -0.2) is 11.0 Å². The molecule has 14 heavy (non-hydrogen) atoms. The van der Waals surface area contributed by atoms with Gasteiger partial charge in [-0.25, -0.2) is 0 Å². The van der Waals surface area contributed by atoms with Crippen molar-refractivity contribution in [2.45, 2.75) is 6.42 Å². The molecule has 0 aliphatic heterocycles. The fraction of sp³-hybridized carbons (Fsp3) is 0.100. The molecule has 1 aromatic rings. The third-order valence-electron chi connectivity index (χ3n) is 1.44. The van der Waals surface area contributed by atoms with Crippen molar-refractivity contribution < 1.29 is 9.90 Å². The first kappa shape index (κ1) is 10.4. The second kappa shape index (κ2) is 4.54. The molecule has 3 nitrogen and oxygen atoms in total. The second-order valence-electron chi connectivity index (χ2n) is 2.61. The van der Waals surface area contributed by atoms with E-state index in [-0.39, 0.29) is 12.2 Å². The number of carbonyl (C=O) groups excluding carboxylic acids is 1. The molecule has 0 saturated carbocycles. The summed E-state index contributed by atoms with van der Waals surface area (Å²) in [6.45, 7) is 0. The molecule has 0 radical (unpaired) electrons. The highest BCUT2D eigenvalue weighted by Crippen LogP contribution is 2.20. The van der Waals surface area contributed by atoms with Gasteiger partial charge in [0.1, 0.15) is 5.75 Å². The van der Waals surface area contributed by atoms with E-state index in [9.17, 15) is 4.79 Å². The van der Waals surface area contributed by atoms with Crippen LogP contribution in [0.25, 0.3) is 0 Å². The Morgan fingerprint density at radius 1 is 1.57 bits per heavy atom. The van der Waals surface area contributed by atoms with E-state index in [1.165, 1.54) is 12.1 Å². The summed E-state index contributed by atoms with van der Waals surface area (Å²) in [4.78, 5) is 10.4. The molecule has 0 bridgehead atoms. The first-order chi connectivity index (χ1) is 6.59. The molecule has 0 fully saturated rings. The molecule has 0 spiro atoms. The van der Waals surface area contributed by atoms with E-state index in [4.69, 9.17) is 22.4 Å². The van der Waals surface area contributed by atoms with Gasteiger partial charge in [0.25, 0.3) is 0 Å². The van der Waals surface area contributed by atoms with E-state index in [0.29, 0.717) is 10.6 Å². The number of primary amides is 1. The van der Waals surface area contributed by atoms with Crippen molar-refractivity contribution in [2.24, 2.45) is 5.73 Å². The van der Waals surface area contributed by atoms with Crippen LogP contribution in [0.3, 0.4) is 0 Å². The zero-order valence-corrected chi connectivity index (χ0v) is 8.01. The lowest BCUT2D eigenvalue weighted by Crippen LogP contribution is -2.08. The third kappa shape index (κ3) is 3.00. The second-order valence-corrected chi connectivity index (χ2v) is 3.02. The summed E-state index contributed by atoms with van der Waals surface area (Å²) in [6, 6.07) is 4.43. The van der Waals surface area contributed by atoms with Gasteiger partial charge in [-0.05, 0) is 18.2 Å². The number of phenolic OH excluding ortho intramolecular Hbond substituents is 1. The van der Waals surface area contributed by atoms with Gasteiger partial charge in [-0.3, -0.25) is 4.79 Å². The first-order valence-electron chi connectivity index (χ1n) is 3.85. The van der Waals surface area contributed by atoms with Crippen LogP contribution in [0.2, 0.25) is 5.02 Å². The van der Waals surface area contributed by atoms with Crippen LogP contribution in [0.15, 0.2) is 18.2 Å². The average molecular weight is 210 g/mol. The molecule has 0 unspecified atom stereocenters. The molecule has 1 amide bonds. The van der Waals surface area contributed by atoms with Crippen molar-refractivity contribution >= 4 is 17.5 Å². The lowest BCUT2D eigenvalue weighted by atomic mass is 10.2. The van der Waals surface area contributed by atoms with Crippen LogP contribution in [0.4, 0.5) is 0 Å². The molecule has 1 rings (SSSR count). The fourth-order valence-electron chi connectivity index (χ4n) is 0.832. The van der Waals surface area contributed by atoms with Gasteiger partial charge in [0.05, 0.1) is 11.4 Å². The minimum atomic E-state index is -0.479. The summed E-state index contributed by atoms with van der Waals surface area (Å²) < 4.78 is 0. The quantitative estimate of drug-likeness (QED) is 0.685. The standard InChI is InChI=1S/C10H8ClNO2/c11-9-6-8(13)5-4-7(9)2-1-3-10(12)14/h4-6,13H,3H2,(H2,12,14). The Hall–Kier alpha value is -1.66. The van der Waals surface area contributed by atoms with Crippen LogP contribution in [0, 0.1) is 11.8 Å². The van der Waals surface area contributed by atoms with Crippen molar-refractivity contribution in [1.82, 2.24) is 0 Å². The minimum absolute atomic E-state index is 0.00277. The van der Waals surface area contributed by atoms with Gasteiger partial charge >= 0.3 is 0 Å². The molecule has 0 atom stereocenters. The summed E-state index contributed by atoms with van der Waals surface area (Å²) in [5, 5.41) is 9.39. The number of amides is 1. The van der Waals surface area contributed by atoms with Gasteiger partial charge < -0.3 is 10.8 Å². The minimum Gasteiger partial charge on any atom is -0.508 e. The maximum absolute atomic E-state index is 10.4. The van der Waals surface area contributed by atoms with Crippen LogP contribution in [0.1, 0.15) is 12.0 Å². The summed E-state index contributed by atoms with van der Waals surface area (Å²) in [7, 11) is 0. The monoisotopic (exact) mass is 209 g/mol. The number of phenols is 1. The van der Waals surface area contributed by atoms with Gasteiger partial charge in [-0.1, -0.05) is 23.4 Å². The highest BCUT2D eigenvalue weighted by molar-refractivity contribution is 6.31. The summed E-state index contributed by atoms with van der Waals surface area (Å²) in [5.74, 6) is 4.85. The SMILES string of the molecule is NC(=O)CC#Cc1ccc(O)cc1Cl. The topological polar surface area (TPSA) is 63.3 Å². The fourth-order valence-corrected chi connectivity index (χ4v) is 1.05. The average Bonchev–Trinajstić information content (AvgIpc) is 2.08. The molecule has 0 saturated heterocycles. The smallest absolute Gasteiger partial charge is 0.229 e. The Morgan fingerprint density at radius 2 is 2.29 bits per heavy atom. The number of carbonyl (C=O) groups is 1. The lowest BCUT2D eigenvalue weighted by molar-refractivity contribution is -0.117. The highest BCUT2D eigenvalue weighted by atomic mass is 35.5. The van der Waals surface area contributed by atoms with Crippen molar-refractivity contribution in [1.29, 1.82) is 0 Å². The van der Waals surface area contributed by atoms with Crippen LogP contribution in [-0.2, 0) is 4.79 Å². The van der Waals surface area contributed by atoms with Crippen LogP contribution < -0.4 is 5.73 Å². The zero-order chi connectivity index (χ0) is 10.6. The van der Waals surface area contributed by atoms with Crippen molar-refractivity contribution in [3.63, 3.8) is 0 Å². The molecular formula is C10H8ClNO2. The molecule has 0 aliphatic rings. The number of halogens is 1. The molecule has 0 aliphatic carbocycles. The summed E-state index contributed by atoms with van der Waals surface area (Å²) in [6.07, 6.45) is -0.00277. The maximum atomic E-state index is 10.4. The van der Waals surface area contributed by atoms with E-state index in [1.54, 1.807) is 6.07 Å². The Bertz CT molecular complexity index is 418. The van der Waals surface area contributed by atoms with Crippen molar-refractivity contribution in [3.8, 4) is 17.6 Å². The van der Waals surface area contributed by atoms with Gasteiger partial charge in [0, 0.05) is 5.56 Å².